The van der Waals surface area contributed by atoms with Gasteiger partial charge in [0.2, 0.25) is 0 Å². The lowest BCUT2D eigenvalue weighted by molar-refractivity contribution is -0.142. The lowest BCUT2D eigenvalue weighted by Gasteiger charge is -2.24. The molecule has 0 saturated heterocycles. The van der Waals surface area contributed by atoms with Crippen molar-refractivity contribution >= 4 is 18.2 Å². The summed E-state index contributed by atoms with van der Waals surface area (Å²) >= 11 is 0. The number of amides is 1. The van der Waals surface area contributed by atoms with Crippen LogP contribution in [0.5, 0.6) is 0 Å². The molecule has 3 aromatic rings. The van der Waals surface area contributed by atoms with E-state index in [0.29, 0.717) is 5.69 Å². The molecule has 1 atom stereocenters. The van der Waals surface area contributed by atoms with Gasteiger partial charge in [0.1, 0.15) is 24.6 Å². The van der Waals surface area contributed by atoms with E-state index in [1.165, 1.54) is 19.6 Å². The first kappa shape index (κ1) is 25.0. The number of carboxylic acid groups (broad SMARTS) is 1. The molecule has 0 bridgehead atoms. The minimum absolute atomic E-state index is 0.0802. The van der Waals surface area contributed by atoms with Gasteiger partial charge in [0, 0.05) is 25.6 Å². The third-order valence-electron chi connectivity index (χ3n) is 6.02. The van der Waals surface area contributed by atoms with Crippen molar-refractivity contribution in [2.75, 3.05) is 13.7 Å². The van der Waals surface area contributed by atoms with Crippen LogP contribution in [0.1, 0.15) is 43.5 Å². The average Bonchev–Trinajstić information content (AvgIpc) is 3.42. The maximum absolute atomic E-state index is 12.9. The van der Waals surface area contributed by atoms with Crippen LogP contribution in [0, 0.1) is 0 Å². The van der Waals surface area contributed by atoms with Crippen molar-refractivity contribution in [2.24, 2.45) is 0 Å². The Balaban J connectivity index is 1.43. The molecular formula is C27H29N3O6. The van der Waals surface area contributed by atoms with Gasteiger partial charge in [-0.3, -0.25) is 4.90 Å². The summed E-state index contributed by atoms with van der Waals surface area (Å²) < 4.78 is 12.0. The van der Waals surface area contributed by atoms with Crippen molar-refractivity contribution in [1.29, 1.82) is 0 Å². The van der Waals surface area contributed by atoms with E-state index in [4.69, 9.17) is 9.47 Å². The number of hydrogen-bond acceptors (Lipinski definition) is 6. The Hall–Kier alpha value is -4.14. The molecule has 0 saturated carbocycles. The molecule has 1 aliphatic carbocycles. The van der Waals surface area contributed by atoms with E-state index in [9.17, 15) is 19.5 Å². The molecule has 1 aliphatic rings. The van der Waals surface area contributed by atoms with Crippen LogP contribution in [0.4, 0.5) is 9.59 Å². The minimum Gasteiger partial charge on any atom is -0.480 e. The number of hydrogen-bond donors (Lipinski definition) is 1. The first-order valence-electron chi connectivity index (χ1n) is 11.6. The lowest BCUT2D eigenvalue weighted by Crippen LogP contribution is -2.44. The fourth-order valence-electron chi connectivity index (χ4n) is 4.29. The fraction of sp³-hybridized carbons (Fsp3) is 0.333. The molecule has 1 amide bonds. The minimum atomic E-state index is -1.23. The Morgan fingerprint density at radius 3 is 2.19 bits per heavy atom. The molecule has 36 heavy (non-hydrogen) atoms. The molecule has 9 nitrogen and oxygen atoms in total. The van der Waals surface area contributed by atoms with E-state index in [-0.39, 0.29) is 18.9 Å². The molecule has 1 N–H and O–H groups in total. The molecule has 0 unspecified atom stereocenters. The predicted octanol–water partition coefficient (Wildman–Crippen LogP) is 4.54. The number of nitrogens with zero attached hydrogens (tertiary/aromatic N) is 3. The summed E-state index contributed by atoms with van der Waals surface area (Å²) in [5.74, 6) is -1.35. The summed E-state index contributed by atoms with van der Waals surface area (Å²) in [4.78, 5) is 42.2. The number of aromatic nitrogens is 2. The zero-order valence-electron chi connectivity index (χ0n) is 20.7. The quantitative estimate of drug-likeness (QED) is 0.539. The van der Waals surface area contributed by atoms with Crippen LogP contribution in [0.2, 0.25) is 0 Å². The standard InChI is InChI=1S/C27H29N3O6/c1-27(2,3)36-26(34)30-14-17(28-16-30)13-23(24(31)32)29(4)25(33)35-15-22-20-11-7-5-9-18(20)19-10-6-8-12-21(19)22/h5-12,14,16,22-23H,13,15H2,1-4H3,(H,31,32)/t23-/m0/s1. The number of carbonyl (C=O) groups excluding carboxylic acids is 2. The van der Waals surface area contributed by atoms with Gasteiger partial charge in [-0.15, -0.1) is 0 Å². The van der Waals surface area contributed by atoms with Crippen LogP contribution in [0.15, 0.2) is 61.1 Å². The maximum atomic E-state index is 12.9. The number of fused-ring (bicyclic) bond motifs is 3. The van der Waals surface area contributed by atoms with Gasteiger partial charge in [-0.2, -0.15) is 0 Å². The molecule has 1 aromatic heterocycles. The first-order valence-corrected chi connectivity index (χ1v) is 11.6. The second-order valence-electron chi connectivity index (χ2n) is 9.73. The predicted molar refractivity (Wildman–Crippen MR) is 132 cm³/mol. The summed E-state index contributed by atoms with van der Waals surface area (Å²) in [6.07, 6.45) is 1.17. The van der Waals surface area contributed by atoms with E-state index in [1.807, 2.05) is 48.5 Å². The van der Waals surface area contributed by atoms with E-state index >= 15 is 0 Å². The van der Waals surface area contributed by atoms with Gasteiger partial charge in [-0.05, 0) is 43.0 Å². The maximum Gasteiger partial charge on any atom is 0.419 e. The Kier molecular flexibility index (Phi) is 6.83. The van der Waals surface area contributed by atoms with Crippen molar-refractivity contribution in [3.63, 3.8) is 0 Å². The molecule has 0 fully saturated rings. The largest absolute Gasteiger partial charge is 0.480 e. The Morgan fingerprint density at radius 1 is 1.06 bits per heavy atom. The number of aliphatic carboxylic acids is 1. The number of carboxylic acids is 1. The normalized spacial score (nSPS) is 13.4. The van der Waals surface area contributed by atoms with Crippen LogP contribution in [-0.2, 0) is 20.7 Å². The van der Waals surface area contributed by atoms with Crippen LogP contribution in [0.3, 0.4) is 0 Å². The zero-order valence-corrected chi connectivity index (χ0v) is 20.7. The Labute approximate surface area is 209 Å². The third-order valence-corrected chi connectivity index (χ3v) is 6.02. The van der Waals surface area contributed by atoms with Gasteiger partial charge in [0.15, 0.2) is 0 Å². The van der Waals surface area contributed by atoms with Crippen molar-refractivity contribution in [3.05, 3.63) is 77.9 Å². The van der Waals surface area contributed by atoms with Crippen molar-refractivity contribution < 1.29 is 29.0 Å². The van der Waals surface area contributed by atoms with Crippen molar-refractivity contribution in [3.8, 4) is 11.1 Å². The average molecular weight is 492 g/mol. The van der Waals surface area contributed by atoms with E-state index in [1.54, 1.807) is 20.8 Å². The molecule has 1 heterocycles. The third kappa shape index (κ3) is 5.25. The van der Waals surface area contributed by atoms with Crippen molar-refractivity contribution in [2.45, 2.75) is 44.8 Å². The molecule has 0 radical (unpaired) electrons. The zero-order chi connectivity index (χ0) is 26.0. The number of likely N-dealkylation sites (N-methyl/N-ethyl adjacent to an activating group) is 1. The summed E-state index contributed by atoms with van der Waals surface area (Å²) in [6, 6.07) is 14.7. The van der Waals surface area contributed by atoms with Gasteiger partial charge < -0.3 is 14.6 Å². The number of ether oxygens (including phenoxy) is 2. The molecule has 188 valence electrons. The fourth-order valence-corrected chi connectivity index (χ4v) is 4.29. The smallest absolute Gasteiger partial charge is 0.419 e. The SMILES string of the molecule is CN(C(=O)OCC1c2ccccc2-c2ccccc21)[C@@H](Cc1cn(C(=O)OC(C)(C)C)cn1)C(=O)O. The van der Waals surface area contributed by atoms with Gasteiger partial charge in [-0.1, -0.05) is 48.5 Å². The van der Waals surface area contributed by atoms with Gasteiger partial charge in [0.05, 0.1) is 5.69 Å². The van der Waals surface area contributed by atoms with E-state index in [2.05, 4.69) is 4.98 Å². The summed E-state index contributed by atoms with van der Waals surface area (Å²) in [5, 5.41) is 9.79. The molecule has 0 aliphatic heterocycles. The van der Waals surface area contributed by atoms with E-state index < -0.39 is 29.8 Å². The topological polar surface area (TPSA) is 111 Å². The van der Waals surface area contributed by atoms with Gasteiger partial charge >= 0.3 is 18.2 Å². The van der Waals surface area contributed by atoms with Crippen LogP contribution >= 0.6 is 0 Å². The van der Waals surface area contributed by atoms with Crippen molar-refractivity contribution in [1.82, 2.24) is 14.5 Å². The van der Waals surface area contributed by atoms with E-state index in [0.717, 1.165) is 31.7 Å². The number of imidazole rings is 1. The Bertz CT molecular complexity index is 1250. The number of benzene rings is 2. The molecule has 0 spiro atoms. The highest BCUT2D eigenvalue weighted by Crippen LogP contribution is 2.44. The lowest BCUT2D eigenvalue weighted by atomic mass is 9.98. The van der Waals surface area contributed by atoms with Crippen LogP contribution in [0.25, 0.3) is 11.1 Å². The number of carbonyl (C=O) groups is 3. The Morgan fingerprint density at radius 2 is 1.64 bits per heavy atom. The molecule has 9 heteroatoms. The monoisotopic (exact) mass is 491 g/mol. The second kappa shape index (κ2) is 9.85. The molecule has 2 aromatic carbocycles. The number of rotatable bonds is 6. The highest BCUT2D eigenvalue weighted by atomic mass is 16.6. The van der Waals surface area contributed by atoms with Gasteiger partial charge in [0.25, 0.3) is 0 Å². The summed E-state index contributed by atoms with van der Waals surface area (Å²) in [6.45, 7) is 5.31. The highest BCUT2D eigenvalue weighted by molar-refractivity contribution is 5.81. The second-order valence-corrected chi connectivity index (χ2v) is 9.73. The summed E-state index contributed by atoms with van der Waals surface area (Å²) in [5.41, 5.74) is 3.98. The molecular weight excluding hydrogens is 462 g/mol. The molecule has 4 rings (SSSR count). The van der Waals surface area contributed by atoms with Crippen LogP contribution < -0.4 is 0 Å². The first-order chi connectivity index (χ1) is 17.0. The summed E-state index contributed by atoms with van der Waals surface area (Å²) in [7, 11) is 1.38. The van der Waals surface area contributed by atoms with Gasteiger partial charge in [-0.25, -0.2) is 23.9 Å². The van der Waals surface area contributed by atoms with Crippen LogP contribution in [-0.4, -0.2) is 63.0 Å². The highest BCUT2D eigenvalue weighted by Gasteiger charge is 2.32.